The summed E-state index contributed by atoms with van der Waals surface area (Å²) in [5.41, 5.74) is 0. The summed E-state index contributed by atoms with van der Waals surface area (Å²) in [6, 6.07) is 0. The number of carbonyl (C=O) groups excluding carboxylic acids is 3. The molecule has 0 N–H and O–H groups in total. The van der Waals surface area contributed by atoms with Crippen LogP contribution in [0.5, 0.6) is 0 Å². The van der Waals surface area contributed by atoms with Crippen molar-refractivity contribution in [2.75, 3.05) is 13.2 Å². The van der Waals surface area contributed by atoms with Gasteiger partial charge in [-0.15, -0.1) is 0 Å². The molecule has 0 aromatic rings. The Bertz CT molecular complexity index is 1070. The van der Waals surface area contributed by atoms with Crippen LogP contribution in [0.25, 0.3) is 0 Å². The minimum absolute atomic E-state index is 0.0844. The zero-order valence-electron chi connectivity index (χ0n) is 38.0. The number of allylic oxidation sites excluding steroid dienone is 10. The molecule has 0 bridgehead atoms. The van der Waals surface area contributed by atoms with Gasteiger partial charge in [0.2, 0.25) is 0 Å². The van der Waals surface area contributed by atoms with Gasteiger partial charge in [0.15, 0.2) is 6.10 Å². The van der Waals surface area contributed by atoms with Gasteiger partial charge in [-0.3, -0.25) is 14.4 Å². The summed E-state index contributed by atoms with van der Waals surface area (Å²) in [6.07, 6.45) is 56.2. The van der Waals surface area contributed by atoms with Crippen LogP contribution in [0, 0.1) is 0 Å². The summed E-state index contributed by atoms with van der Waals surface area (Å²) in [5.74, 6) is -0.916. The Balaban J connectivity index is 4.42. The Labute approximate surface area is 358 Å². The van der Waals surface area contributed by atoms with E-state index in [9.17, 15) is 14.4 Å². The first kappa shape index (κ1) is 55.1. The second-order valence-corrected chi connectivity index (χ2v) is 16.0. The first-order valence-electron chi connectivity index (χ1n) is 24.3. The molecule has 0 aliphatic carbocycles. The van der Waals surface area contributed by atoms with E-state index < -0.39 is 6.10 Å². The highest BCUT2D eigenvalue weighted by Gasteiger charge is 2.19. The molecule has 0 aliphatic rings. The smallest absolute Gasteiger partial charge is 0.306 e. The van der Waals surface area contributed by atoms with Gasteiger partial charge in [-0.05, 0) is 77.0 Å². The van der Waals surface area contributed by atoms with Crippen LogP contribution in [0.2, 0.25) is 0 Å². The quantitative estimate of drug-likeness (QED) is 0.0264. The highest BCUT2D eigenvalue weighted by atomic mass is 16.6. The van der Waals surface area contributed by atoms with E-state index in [1.807, 2.05) is 0 Å². The van der Waals surface area contributed by atoms with E-state index in [0.717, 1.165) is 122 Å². The average Bonchev–Trinajstić information content (AvgIpc) is 3.22. The van der Waals surface area contributed by atoms with E-state index >= 15 is 0 Å². The second kappa shape index (κ2) is 46.8. The molecule has 0 spiro atoms. The third-order valence-corrected chi connectivity index (χ3v) is 10.3. The Kier molecular flexibility index (Phi) is 44.5. The van der Waals surface area contributed by atoms with Gasteiger partial charge in [-0.2, -0.15) is 0 Å². The third kappa shape index (κ3) is 44.2. The van der Waals surface area contributed by atoms with Gasteiger partial charge in [-0.25, -0.2) is 0 Å². The maximum Gasteiger partial charge on any atom is 0.306 e. The van der Waals surface area contributed by atoms with Crippen LogP contribution in [0.4, 0.5) is 0 Å². The predicted molar refractivity (Wildman–Crippen MR) is 247 cm³/mol. The van der Waals surface area contributed by atoms with Crippen molar-refractivity contribution >= 4 is 17.9 Å². The van der Waals surface area contributed by atoms with Crippen molar-refractivity contribution in [3.05, 3.63) is 60.8 Å². The normalized spacial score (nSPS) is 12.5. The van der Waals surface area contributed by atoms with E-state index in [0.29, 0.717) is 19.3 Å². The van der Waals surface area contributed by atoms with E-state index in [4.69, 9.17) is 14.2 Å². The molecule has 0 fully saturated rings. The monoisotopic (exact) mass is 811 g/mol. The molecule has 6 heteroatoms. The van der Waals surface area contributed by atoms with Crippen LogP contribution in [-0.4, -0.2) is 37.2 Å². The number of ether oxygens (including phenoxy) is 3. The van der Waals surface area contributed by atoms with Crippen LogP contribution < -0.4 is 0 Å². The fraction of sp³-hybridized carbons (Fsp3) is 0.750. The van der Waals surface area contributed by atoms with Crippen LogP contribution in [0.1, 0.15) is 233 Å². The third-order valence-electron chi connectivity index (χ3n) is 10.3. The Morgan fingerprint density at radius 2 is 0.690 bits per heavy atom. The van der Waals surface area contributed by atoms with Gasteiger partial charge in [0.1, 0.15) is 13.2 Å². The molecule has 0 radical (unpaired) electrons. The minimum Gasteiger partial charge on any atom is -0.462 e. The molecule has 58 heavy (non-hydrogen) atoms. The lowest BCUT2D eigenvalue weighted by Gasteiger charge is -2.18. The average molecular weight is 811 g/mol. The lowest BCUT2D eigenvalue weighted by Crippen LogP contribution is -2.30. The summed E-state index contributed by atoms with van der Waals surface area (Å²) in [6.45, 7) is 6.45. The summed E-state index contributed by atoms with van der Waals surface area (Å²) in [5, 5.41) is 0. The van der Waals surface area contributed by atoms with E-state index in [2.05, 4.69) is 81.5 Å². The number of hydrogen-bond acceptors (Lipinski definition) is 6. The lowest BCUT2D eigenvalue weighted by molar-refractivity contribution is -0.167. The molecule has 0 heterocycles. The van der Waals surface area contributed by atoms with Crippen molar-refractivity contribution in [1.29, 1.82) is 0 Å². The maximum absolute atomic E-state index is 12.7. The van der Waals surface area contributed by atoms with E-state index in [1.165, 1.54) is 70.6 Å². The van der Waals surface area contributed by atoms with Gasteiger partial charge in [0.25, 0.3) is 0 Å². The van der Waals surface area contributed by atoms with Gasteiger partial charge in [-0.1, -0.05) is 197 Å². The molecule has 0 aromatic heterocycles. The van der Waals surface area contributed by atoms with Crippen molar-refractivity contribution in [3.8, 4) is 0 Å². The minimum atomic E-state index is -0.785. The zero-order chi connectivity index (χ0) is 42.3. The molecular weight excluding hydrogens is 721 g/mol. The van der Waals surface area contributed by atoms with Gasteiger partial charge < -0.3 is 14.2 Å². The van der Waals surface area contributed by atoms with Crippen LogP contribution in [-0.2, 0) is 28.6 Å². The van der Waals surface area contributed by atoms with Crippen LogP contribution >= 0.6 is 0 Å². The summed E-state index contributed by atoms with van der Waals surface area (Å²) in [4.78, 5) is 37.8. The van der Waals surface area contributed by atoms with Gasteiger partial charge >= 0.3 is 17.9 Å². The standard InChI is InChI=1S/C52H90O6/c1-4-7-10-13-16-19-22-24-26-28-30-33-36-39-42-45-51(54)57-48-49(47-56-50(53)44-41-38-35-32-29-21-18-15-12-9-6-3)58-52(55)46-43-40-37-34-31-27-25-23-20-17-14-11-8-5-2/h7,10,14,16-17,19,23-26,49H,4-6,8-9,11-13,15,18,20-22,27-48H2,1-3H3/b10-7-,17-14-,19-16-,25-23-,26-24-. The molecule has 0 saturated heterocycles. The van der Waals surface area contributed by atoms with Gasteiger partial charge in [0, 0.05) is 19.3 Å². The van der Waals surface area contributed by atoms with E-state index in [-0.39, 0.29) is 31.1 Å². The molecule has 0 aromatic carbocycles. The molecule has 0 rings (SSSR count). The zero-order valence-corrected chi connectivity index (χ0v) is 38.0. The summed E-state index contributed by atoms with van der Waals surface area (Å²) in [7, 11) is 0. The van der Waals surface area contributed by atoms with Crippen molar-refractivity contribution in [1.82, 2.24) is 0 Å². The SMILES string of the molecule is CC/C=C\C/C=C\C/C=C\CCCCCCCC(=O)OCC(COC(=O)CCCCCCCCCCCCC)OC(=O)CCCCCCC/C=C\C/C=C\CCCC. The molecular formula is C52H90O6. The fourth-order valence-corrected chi connectivity index (χ4v) is 6.59. The maximum atomic E-state index is 12.7. The number of hydrogen-bond donors (Lipinski definition) is 0. The predicted octanol–water partition coefficient (Wildman–Crippen LogP) is 15.7. The molecule has 0 amide bonds. The number of esters is 3. The first-order chi connectivity index (χ1) is 28.5. The van der Waals surface area contributed by atoms with Crippen molar-refractivity contribution in [3.63, 3.8) is 0 Å². The second-order valence-electron chi connectivity index (χ2n) is 16.0. The van der Waals surface area contributed by atoms with Crippen LogP contribution in [0.15, 0.2) is 60.8 Å². The lowest BCUT2D eigenvalue weighted by atomic mass is 10.1. The van der Waals surface area contributed by atoms with Crippen molar-refractivity contribution < 1.29 is 28.6 Å². The highest BCUT2D eigenvalue weighted by molar-refractivity contribution is 5.71. The van der Waals surface area contributed by atoms with E-state index in [1.54, 1.807) is 0 Å². The first-order valence-corrected chi connectivity index (χ1v) is 24.3. The summed E-state index contributed by atoms with van der Waals surface area (Å²) >= 11 is 0. The highest BCUT2D eigenvalue weighted by Crippen LogP contribution is 2.14. The van der Waals surface area contributed by atoms with Crippen LogP contribution in [0.3, 0.4) is 0 Å². The molecule has 0 aliphatic heterocycles. The Morgan fingerprint density at radius 3 is 1.10 bits per heavy atom. The fourth-order valence-electron chi connectivity index (χ4n) is 6.59. The number of unbranched alkanes of at least 4 members (excludes halogenated alkanes) is 22. The topological polar surface area (TPSA) is 78.9 Å². The van der Waals surface area contributed by atoms with Crippen molar-refractivity contribution in [2.24, 2.45) is 0 Å². The molecule has 1 atom stereocenters. The Hall–Kier alpha value is -2.89. The van der Waals surface area contributed by atoms with Gasteiger partial charge in [0.05, 0.1) is 0 Å². The number of carbonyl (C=O) groups is 3. The number of rotatable bonds is 43. The molecule has 6 nitrogen and oxygen atoms in total. The summed E-state index contributed by atoms with van der Waals surface area (Å²) < 4.78 is 16.7. The molecule has 0 saturated carbocycles. The largest absolute Gasteiger partial charge is 0.462 e. The Morgan fingerprint density at radius 1 is 0.362 bits per heavy atom. The molecule has 334 valence electrons. The molecule has 1 unspecified atom stereocenters. The van der Waals surface area contributed by atoms with Crippen molar-refractivity contribution in [2.45, 2.75) is 239 Å².